The lowest BCUT2D eigenvalue weighted by Gasteiger charge is -2.31. The number of likely N-dealkylation sites (N-methyl/N-ethyl adjacent to an activating group) is 1. The van der Waals surface area contributed by atoms with Crippen molar-refractivity contribution in [2.75, 3.05) is 39.2 Å². The van der Waals surface area contributed by atoms with Gasteiger partial charge >= 0.3 is 0 Å². The number of nitrogens with zero attached hydrogens (tertiary/aromatic N) is 4. The third kappa shape index (κ3) is 4.79. The van der Waals surface area contributed by atoms with E-state index in [0.717, 1.165) is 9.01 Å². The zero-order valence-electron chi connectivity index (χ0n) is 24.2. The number of fused-ring (bicyclic) bond motifs is 2. The number of aliphatic hydroxyl groups is 1. The Kier molecular flexibility index (Phi) is 7.79. The molecule has 1 fully saturated rings. The van der Waals surface area contributed by atoms with E-state index in [2.05, 4.69) is 0 Å². The van der Waals surface area contributed by atoms with Crippen LogP contribution in [0.3, 0.4) is 0 Å². The molecule has 0 bridgehead atoms. The normalized spacial score (nSPS) is 20.3. The molecule has 1 unspecified atom stereocenters. The highest BCUT2D eigenvalue weighted by Crippen LogP contribution is 2.52. The molecule has 1 saturated heterocycles. The molecule has 14 heteroatoms. The van der Waals surface area contributed by atoms with Gasteiger partial charge < -0.3 is 19.5 Å². The zero-order valence-corrected chi connectivity index (χ0v) is 26.6. The molecule has 2 aliphatic heterocycles. The summed E-state index contributed by atoms with van der Waals surface area (Å²) in [6.07, 6.45) is -0.843. The number of halogens is 1. The molecule has 0 saturated carbocycles. The van der Waals surface area contributed by atoms with Crippen molar-refractivity contribution in [3.05, 3.63) is 65.2 Å². The number of sulfonamides is 1. The number of carbonyl (C=O) groups is 2. The quantitative estimate of drug-likeness (QED) is 0.315. The van der Waals surface area contributed by atoms with Gasteiger partial charge in [-0.15, -0.1) is 11.3 Å². The van der Waals surface area contributed by atoms with E-state index in [-0.39, 0.29) is 40.2 Å². The Morgan fingerprint density at radius 3 is 2.55 bits per heavy atom. The fourth-order valence-corrected chi connectivity index (χ4v) is 8.83. The van der Waals surface area contributed by atoms with Gasteiger partial charge in [-0.1, -0.05) is 23.7 Å². The standard InChI is InChI=1S/C30H29ClN4O7S2/c1-33(2)29(37)21-13-16(36)15-34(21)27-26-20(11-10-18(31)25(26)28-32-19-7-5-6-8-23(19)43-28)35(30(27)38)44(39,40)24-12-9-17(41-3)14-22(24)42-4/h5-12,14,16,21,27,36H,13,15H2,1-4H3/t16-,21+,27?/m1/s1. The van der Waals surface area contributed by atoms with Crippen LogP contribution in [0.4, 0.5) is 5.69 Å². The van der Waals surface area contributed by atoms with Crippen LogP contribution < -0.4 is 13.8 Å². The molecule has 1 N–H and O–H groups in total. The average Bonchev–Trinajstić information content (AvgIpc) is 3.68. The maximum absolute atomic E-state index is 14.6. The van der Waals surface area contributed by atoms with Gasteiger partial charge in [-0.2, -0.15) is 0 Å². The van der Waals surface area contributed by atoms with Gasteiger partial charge in [-0.3, -0.25) is 14.5 Å². The number of benzene rings is 3. The Balaban J connectivity index is 1.61. The van der Waals surface area contributed by atoms with Crippen molar-refractivity contribution in [3.63, 3.8) is 0 Å². The smallest absolute Gasteiger partial charge is 0.274 e. The van der Waals surface area contributed by atoms with Gasteiger partial charge in [0.1, 0.15) is 27.4 Å². The molecule has 3 heterocycles. The van der Waals surface area contributed by atoms with E-state index in [1.807, 2.05) is 24.3 Å². The SMILES string of the molecule is COc1ccc(S(=O)(=O)N2C(=O)C(N3C[C@H](O)C[C@H]3C(=O)N(C)C)c3c2ccc(Cl)c3-c2nc3ccccc3s2)c(OC)c1. The van der Waals surface area contributed by atoms with Gasteiger partial charge in [-0.25, -0.2) is 17.7 Å². The lowest BCUT2D eigenvalue weighted by molar-refractivity contribution is -0.135. The second kappa shape index (κ2) is 11.3. The molecular formula is C30H29ClN4O7S2. The molecule has 0 radical (unpaired) electrons. The number of anilines is 1. The van der Waals surface area contributed by atoms with E-state index in [4.69, 9.17) is 26.1 Å². The number of rotatable bonds is 7. The average molecular weight is 657 g/mol. The Labute approximate surface area is 263 Å². The molecule has 0 spiro atoms. The maximum Gasteiger partial charge on any atom is 0.274 e. The molecule has 2 aliphatic rings. The van der Waals surface area contributed by atoms with E-state index in [1.165, 1.54) is 60.8 Å². The van der Waals surface area contributed by atoms with Crippen molar-refractivity contribution in [2.24, 2.45) is 0 Å². The van der Waals surface area contributed by atoms with E-state index < -0.39 is 34.1 Å². The predicted molar refractivity (Wildman–Crippen MR) is 167 cm³/mol. The van der Waals surface area contributed by atoms with Gasteiger partial charge in [0.05, 0.1) is 47.3 Å². The number of ether oxygens (including phenoxy) is 2. The van der Waals surface area contributed by atoms with E-state index >= 15 is 0 Å². The number of methoxy groups -OCH3 is 2. The number of aromatic nitrogens is 1. The number of aliphatic hydroxyl groups excluding tert-OH is 1. The number of hydrogen-bond donors (Lipinski definition) is 1. The number of para-hydroxylation sites is 1. The van der Waals surface area contributed by atoms with Crippen LogP contribution in [-0.2, 0) is 19.6 Å². The summed E-state index contributed by atoms with van der Waals surface area (Å²) in [5, 5.41) is 11.5. The summed E-state index contributed by atoms with van der Waals surface area (Å²) in [5.74, 6) is -0.779. The second-order valence-corrected chi connectivity index (χ2v) is 13.9. The highest BCUT2D eigenvalue weighted by atomic mass is 35.5. The Hall–Kier alpha value is -3.75. The van der Waals surface area contributed by atoms with E-state index in [9.17, 15) is 23.1 Å². The first kappa shape index (κ1) is 30.3. The van der Waals surface area contributed by atoms with Gasteiger partial charge in [0.15, 0.2) is 0 Å². The summed E-state index contributed by atoms with van der Waals surface area (Å²) in [6.45, 7) is -0.0361. The first-order valence-corrected chi connectivity index (χ1v) is 16.3. The largest absolute Gasteiger partial charge is 0.497 e. The molecule has 3 atom stereocenters. The fraction of sp³-hybridized carbons (Fsp3) is 0.300. The van der Waals surface area contributed by atoms with Crippen LogP contribution in [0.1, 0.15) is 18.0 Å². The number of amides is 2. The van der Waals surface area contributed by atoms with Crippen molar-refractivity contribution in [2.45, 2.75) is 29.5 Å². The van der Waals surface area contributed by atoms with E-state index in [1.54, 1.807) is 19.0 Å². The van der Waals surface area contributed by atoms with Gasteiger partial charge in [-0.05, 0) is 42.8 Å². The highest BCUT2D eigenvalue weighted by molar-refractivity contribution is 7.93. The summed E-state index contributed by atoms with van der Waals surface area (Å²) >= 11 is 8.19. The van der Waals surface area contributed by atoms with Crippen LogP contribution in [0.2, 0.25) is 5.02 Å². The number of β-amino-alcohol motifs (C(OH)–C–C–N with tert-alkyl or cyclic N) is 1. The Bertz CT molecular complexity index is 1880. The topological polar surface area (TPSA) is 130 Å². The van der Waals surface area contributed by atoms with Gasteiger partial charge in [0.25, 0.3) is 15.9 Å². The summed E-state index contributed by atoms with van der Waals surface area (Å²) < 4.78 is 41.1. The lowest BCUT2D eigenvalue weighted by atomic mass is 9.99. The Morgan fingerprint density at radius 1 is 1.11 bits per heavy atom. The van der Waals surface area contributed by atoms with Crippen LogP contribution in [0.25, 0.3) is 20.8 Å². The van der Waals surface area contributed by atoms with Crippen molar-refractivity contribution < 1.29 is 32.6 Å². The molecule has 44 heavy (non-hydrogen) atoms. The first-order chi connectivity index (χ1) is 21.0. The third-order valence-electron chi connectivity index (χ3n) is 7.87. The zero-order chi connectivity index (χ0) is 31.5. The minimum absolute atomic E-state index is 0.0141. The minimum Gasteiger partial charge on any atom is -0.497 e. The molecule has 4 aromatic rings. The maximum atomic E-state index is 14.6. The number of likely N-dealkylation sites (tertiary alicyclic amines) is 1. The second-order valence-electron chi connectivity index (χ2n) is 10.7. The molecule has 2 amide bonds. The molecule has 0 aliphatic carbocycles. The fourth-order valence-electron chi connectivity index (χ4n) is 5.89. The van der Waals surface area contributed by atoms with Crippen LogP contribution in [0.15, 0.2) is 59.5 Å². The molecule has 230 valence electrons. The summed E-state index contributed by atoms with van der Waals surface area (Å²) in [4.78, 5) is 35.4. The summed E-state index contributed by atoms with van der Waals surface area (Å²) in [5.41, 5.74) is 1.48. The monoisotopic (exact) mass is 656 g/mol. The van der Waals surface area contributed by atoms with Crippen molar-refractivity contribution in [3.8, 4) is 22.1 Å². The van der Waals surface area contributed by atoms with Crippen molar-refractivity contribution in [1.82, 2.24) is 14.8 Å². The third-order valence-corrected chi connectivity index (χ3v) is 11.0. The van der Waals surface area contributed by atoms with Gasteiger partial charge in [0, 0.05) is 37.8 Å². The molecular weight excluding hydrogens is 628 g/mol. The predicted octanol–water partition coefficient (Wildman–Crippen LogP) is 3.93. The summed E-state index contributed by atoms with van der Waals surface area (Å²) in [6, 6.07) is 12.6. The molecule has 3 aromatic carbocycles. The molecule has 1 aromatic heterocycles. The Morgan fingerprint density at radius 2 is 1.86 bits per heavy atom. The number of hydrogen-bond acceptors (Lipinski definition) is 10. The van der Waals surface area contributed by atoms with Crippen LogP contribution >= 0.6 is 22.9 Å². The van der Waals surface area contributed by atoms with E-state index in [0.29, 0.717) is 27.4 Å². The molecule has 6 rings (SSSR count). The minimum atomic E-state index is -4.58. The highest BCUT2D eigenvalue weighted by Gasteiger charge is 2.53. The first-order valence-electron chi connectivity index (χ1n) is 13.6. The lowest BCUT2D eigenvalue weighted by Crippen LogP contribution is -2.47. The number of carbonyl (C=O) groups excluding carboxylic acids is 2. The van der Waals surface area contributed by atoms with Gasteiger partial charge in [0.2, 0.25) is 5.91 Å². The molecule has 11 nitrogen and oxygen atoms in total. The summed E-state index contributed by atoms with van der Waals surface area (Å²) in [7, 11) is 1.37. The number of thiazole rings is 1. The van der Waals surface area contributed by atoms with Crippen LogP contribution in [0.5, 0.6) is 11.5 Å². The van der Waals surface area contributed by atoms with Crippen LogP contribution in [0, 0.1) is 0 Å². The van der Waals surface area contributed by atoms with Crippen molar-refractivity contribution in [1.29, 1.82) is 0 Å². The van der Waals surface area contributed by atoms with Crippen molar-refractivity contribution >= 4 is 60.7 Å². The van der Waals surface area contributed by atoms with Crippen LogP contribution in [-0.4, -0.2) is 87.1 Å².